The van der Waals surface area contributed by atoms with Crippen LogP contribution in [0.3, 0.4) is 0 Å². The highest BCUT2D eigenvalue weighted by Crippen LogP contribution is 2.23. The highest BCUT2D eigenvalue weighted by atomic mass is 35.5. The van der Waals surface area contributed by atoms with E-state index >= 15 is 0 Å². The summed E-state index contributed by atoms with van der Waals surface area (Å²) < 4.78 is 0.675. The summed E-state index contributed by atoms with van der Waals surface area (Å²) >= 11 is 8.79. The zero-order valence-corrected chi connectivity index (χ0v) is 10.3. The van der Waals surface area contributed by atoms with E-state index in [9.17, 15) is 4.79 Å². The lowest BCUT2D eigenvalue weighted by Gasteiger charge is -1.95. The second kappa shape index (κ2) is 4.92. The molecule has 2 rings (SSSR count). The standard InChI is InChI=1S/C11H9ClOS2/c12-11-4-3-10(15-11)9(13)2-1-8-5-6-14-7-8/h3-7H,1-2H2. The van der Waals surface area contributed by atoms with Gasteiger partial charge >= 0.3 is 0 Å². The number of aryl methyl sites for hydroxylation is 1. The molecule has 0 bridgehead atoms. The van der Waals surface area contributed by atoms with Gasteiger partial charge < -0.3 is 0 Å². The summed E-state index contributed by atoms with van der Waals surface area (Å²) in [6, 6.07) is 5.62. The van der Waals surface area contributed by atoms with Crippen LogP contribution in [0.1, 0.15) is 21.7 Å². The van der Waals surface area contributed by atoms with E-state index in [1.165, 1.54) is 16.9 Å². The maximum atomic E-state index is 11.7. The topological polar surface area (TPSA) is 17.1 Å². The highest BCUT2D eigenvalue weighted by molar-refractivity contribution is 7.18. The molecule has 0 atom stereocenters. The molecule has 15 heavy (non-hydrogen) atoms. The third-order valence-electron chi connectivity index (χ3n) is 2.07. The monoisotopic (exact) mass is 256 g/mol. The molecule has 0 saturated carbocycles. The number of ketones is 1. The molecule has 0 unspecified atom stereocenters. The average molecular weight is 257 g/mol. The molecule has 2 aromatic rings. The Morgan fingerprint density at radius 3 is 2.80 bits per heavy atom. The van der Waals surface area contributed by atoms with E-state index in [0.29, 0.717) is 10.8 Å². The minimum absolute atomic E-state index is 0.179. The first-order chi connectivity index (χ1) is 7.25. The van der Waals surface area contributed by atoms with Gasteiger partial charge in [0, 0.05) is 6.42 Å². The van der Waals surface area contributed by atoms with Crippen LogP contribution >= 0.6 is 34.3 Å². The van der Waals surface area contributed by atoms with Crippen molar-refractivity contribution in [1.29, 1.82) is 0 Å². The van der Waals surface area contributed by atoms with Crippen molar-refractivity contribution in [3.05, 3.63) is 43.7 Å². The quantitative estimate of drug-likeness (QED) is 0.747. The van der Waals surface area contributed by atoms with Crippen LogP contribution < -0.4 is 0 Å². The molecule has 0 amide bonds. The maximum Gasteiger partial charge on any atom is 0.173 e. The van der Waals surface area contributed by atoms with Gasteiger partial charge in [-0.1, -0.05) is 11.6 Å². The summed E-state index contributed by atoms with van der Waals surface area (Å²) in [5.74, 6) is 0.179. The van der Waals surface area contributed by atoms with Gasteiger partial charge in [-0.05, 0) is 40.9 Å². The first-order valence-corrected chi connectivity index (χ1v) is 6.69. The number of carbonyl (C=O) groups is 1. The zero-order valence-electron chi connectivity index (χ0n) is 7.90. The zero-order chi connectivity index (χ0) is 10.7. The number of hydrogen-bond acceptors (Lipinski definition) is 3. The van der Waals surface area contributed by atoms with Crippen LogP contribution in [0.5, 0.6) is 0 Å². The number of rotatable bonds is 4. The minimum Gasteiger partial charge on any atom is -0.293 e. The summed E-state index contributed by atoms with van der Waals surface area (Å²) in [6.45, 7) is 0. The lowest BCUT2D eigenvalue weighted by Crippen LogP contribution is -1.97. The Balaban J connectivity index is 1.93. The van der Waals surface area contributed by atoms with E-state index in [2.05, 4.69) is 11.4 Å². The van der Waals surface area contributed by atoms with Gasteiger partial charge in [0.15, 0.2) is 5.78 Å². The molecule has 0 saturated heterocycles. The fraction of sp³-hybridized carbons (Fsp3) is 0.182. The highest BCUT2D eigenvalue weighted by Gasteiger charge is 2.08. The van der Waals surface area contributed by atoms with E-state index in [0.717, 1.165) is 11.3 Å². The third-order valence-corrected chi connectivity index (χ3v) is 4.07. The van der Waals surface area contributed by atoms with E-state index < -0.39 is 0 Å². The predicted octanol–water partition coefficient (Wildman–Crippen LogP) is 4.28. The van der Waals surface area contributed by atoms with E-state index in [4.69, 9.17) is 11.6 Å². The third kappa shape index (κ3) is 2.91. The number of thiophene rings is 2. The molecule has 0 fully saturated rings. The van der Waals surface area contributed by atoms with Gasteiger partial charge in [-0.2, -0.15) is 11.3 Å². The second-order valence-corrected chi connectivity index (χ2v) is 5.65. The van der Waals surface area contributed by atoms with Crippen molar-refractivity contribution in [1.82, 2.24) is 0 Å². The molecule has 0 N–H and O–H groups in total. The van der Waals surface area contributed by atoms with Gasteiger partial charge in [0.2, 0.25) is 0 Å². The SMILES string of the molecule is O=C(CCc1ccsc1)c1ccc(Cl)s1. The van der Waals surface area contributed by atoms with Crippen LogP contribution in [-0.4, -0.2) is 5.78 Å². The van der Waals surface area contributed by atoms with Gasteiger partial charge in [-0.25, -0.2) is 0 Å². The largest absolute Gasteiger partial charge is 0.293 e. The number of halogens is 1. The van der Waals surface area contributed by atoms with Crippen LogP contribution in [0, 0.1) is 0 Å². The molecule has 0 aliphatic rings. The lowest BCUT2D eigenvalue weighted by atomic mass is 10.1. The molecule has 0 aromatic carbocycles. The van der Waals surface area contributed by atoms with Gasteiger partial charge in [0.1, 0.15) is 0 Å². The fourth-order valence-corrected chi connectivity index (χ4v) is 2.99. The van der Waals surface area contributed by atoms with E-state index in [1.54, 1.807) is 23.5 Å². The Morgan fingerprint density at radius 1 is 1.33 bits per heavy atom. The van der Waals surface area contributed by atoms with Crippen molar-refractivity contribution in [3.8, 4) is 0 Å². The second-order valence-electron chi connectivity index (χ2n) is 3.16. The summed E-state index contributed by atoms with van der Waals surface area (Å²) in [6.07, 6.45) is 1.38. The lowest BCUT2D eigenvalue weighted by molar-refractivity contribution is 0.0987. The van der Waals surface area contributed by atoms with E-state index in [-0.39, 0.29) is 5.78 Å². The summed E-state index contributed by atoms with van der Waals surface area (Å²) in [7, 11) is 0. The molecule has 0 aliphatic heterocycles. The molecule has 0 radical (unpaired) electrons. The van der Waals surface area contributed by atoms with Crippen LogP contribution in [-0.2, 0) is 6.42 Å². The molecule has 78 valence electrons. The Kier molecular flexibility index (Phi) is 3.57. The first kappa shape index (κ1) is 10.9. The van der Waals surface area contributed by atoms with Crippen molar-refractivity contribution in [3.63, 3.8) is 0 Å². The Labute approximate surface area is 101 Å². The van der Waals surface area contributed by atoms with E-state index in [1.807, 2.05) is 5.38 Å². The number of carbonyl (C=O) groups excluding carboxylic acids is 1. The Hall–Kier alpha value is -0.640. The van der Waals surface area contributed by atoms with Crippen LogP contribution in [0.4, 0.5) is 0 Å². The smallest absolute Gasteiger partial charge is 0.173 e. The van der Waals surface area contributed by atoms with Crippen LogP contribution in [0.25, 0.3) is 0 Å². The molecule has 1 nitrogen and oxygen atoms in total. The normalized spacial score (nSPS) is 10.5. The maximum absolute atomic E-state index is 11.7. The average Bonchev–Trinajstić information content (AvgIpc) is 2.84. The van der Waals surface area contributed by atoms with Gasteiger partial charge in [0.25, 0.3) is 0 Å². The molecular weight excluding hydrogens is 248 g/mol. The van der Waals surface area contributed by atoms with Gasteiger partial charge in [-0.3, -0.25) is 4.79 Å². The summed E-state index contributed by atoms with van der Waals surface area (Å²) in [5, 5.41) is 4.11. The molecule has 0 spiro atoms. The van der Waals surface area contributed by atoms with Crippen molar-refractivity contribution in [2.75, 3.05) is 0 Å². The van der Waals surface area contributed by atoms with Crippen LogP contribution in [0.2, 0.25) is 4.34 Å². The Morgan fingerprint density at radius 2 is 2.20 bits per heavy atom. The van der Waals surface area contributed by atoms with Crippen molar-refractivity contribution in [2.24, 2.45) is 0 Å². The number of hydrogen-bond donors (Lipinski definition) is 0. The van der Waals surface area contributed by atoms with Crippen molar-refractivity contribution in [2.45, 2.75) is 12.8 Å². The molecular formula is C11H9ClOS2. The van der Waals surface area contributed by atoms with Crippen molar-refractivity contribution < 1.29 is 4.79 Å². The molecule has 4 heteroatoms. The van der Waals surface area contributed by atoms with Gasteiger partial charge in [-0.15, -0.1) is 11.3 Å². The van der Waals surface area contributed by atoms with Gasteiger partial charge in [0.05, 0.1) is 9.21 Å². The van der Waals surface area contributed by atoms with Crippen molar-refractivity contribution >= 4 is 40.1 Å². The predicted molar refractivity (Wildman–Crippen MR) is 66.3 cm³/mol. The minimum atomic E-state index is 0.179. The fourth-order valence-electron chi connectivity index (χ4n) is 1.28. The molecule has 2 heterocycles. The number of Topliss-reactive ketones (excluding diaryl/α,β-unsaturated/α-hetero) is 1. The Bertz CT molecular complexity index is 445. The molecule has 2 aromatic heterocycles. The summed E-state index contributed by atoms with van der Waals surface area (Å²) in [5.41, 5.74) is 1.23. The first-order valence-electron chi connectivity index (χ1n) is 4.55. The summed E-state index contributed by atoms with van der Waals surface area (Å²) in [4.78, 5) is 12.5. The van der Waals surface area contributed by atoms with Crippen LogP contribution in [0.15, 0.2) is 29.0 Å². The molecule has 0 aliphatic carbocycles.